The molecule has 0 aromatic heterocycles. The number of carboxylic acids is 1. The van der Waals surface area contributed by atoms with Gasteiger partial charge in [-0.05, 0) is 31.0 Å². The molecule has 4 nitrogen and oxygen atoms in total. The van der Waals surface area contributed by atoms with E-state index < -0.39 is 35.5 Å². The summed E-state index contributed by atoms with van der Waals surface area (Å²) in [5, 5.41) is 11.2. The molecular formula is C13H11BrF3NO3. The third-order valence-corrected chi connectivity index (χ3v) is 4.16. The molecule has 0 saturated heterocycles. The molecule has 0 spiro atoms. The molecule has 1 amide bonds. The number of benzene rings is 1. The molecule has 2 atom stereocenters. The fourth-order valence-electron chi connectivity index (χ4n) is 2.16. The number of halogens is 4. The fourth-order valence-corrected chi connectivity index (χ4v) is 2.64. The first kappa shape index (κ1) is 15.8. The molecule has 1 aromatic rings. The molecule has 1 saturated carbocycles. The van der Waals surface area contributed by atoms with Crippen molar-refractivity contribution >= 4 is 33.5 Å². The maximum Gasteiger partial charge on any atom is 0.417 e. The summed E-state index contributed by atoms with van der Waals surface area (Å²) < 4.78 is 38.1. The van der Waals surface area contributed by atoms with Gasteiger partial charge in [-0.15, -0.1) is 0 Å². The van der Waals surface area contributed by atoms with E-state index in [1.54, 1.807) is 0 Å². The molecule has 2 rings (SSSR count). The van der Waals surface area contributed by atoms with Crippen LogP contribution in [-0.2, 0) is 15.8 Å². The lowest BCUT2D eigenvalue weighted by Crippen LogP contribution is -2.41. The number of carboxylic acid groups (broad SMARTS) is 1. The average molecular weight is 366 g/mol. The van der Waals surface area contributed by atoms with Crippen LogP contribution in [-0.4, -0.2) is 17.0 Å². The lowest BCUT2D eigenvalue weighted by atomic mass is 9.73. The molecule has 2 unspecified atom stereocenters. The number of amides is 1. The van der Waals surface area contributed by atoms with Crippen molar-refractivity contribution in [3.63, 3.8) is 0 Å². The molecule has 21 heavy (non-hydrogen) atoms. The summed E-state index contributed by atoms with van der Waals surface area (Å²) >= 11 is 2.80. The Bertz CT molecular complexity index is 589. The van der Waals surface area contributed by atoms with Gasteiger partial charge in [-0.25, -0.2) is 0 Å². The summed E-state index contributed by atoms with van der Waals surface area (Å²) in [7, 11) is 0. The highest BCUT2D eigenvalue weighted by Crippen LogP contribution is 2.38. The zero-order chi connectivity index (χ0) is 15.8. The fraction of sp³-hybridized carbons (Fsp3) is 0.385. The maximum atomic E-state index is 12.7. The van der Waals surface area contributed by atoms with Gasteiger partial charge in [-0.3, -0.25) is 9.59 Å². The molecule has 0 heterocycles. The van der Waals surface area contributed by atoms with Crippen molar-refractivity contribution in [2.24, 2.45) is 11.8 Å². The third kappa shape index (κ3) is 3.37. The number of anilines is 1. The van der Waals surface area contributed by atoms with Crippen LogP contribution in [0.15, 0.2) is 22.7 Å². The molecule has 1 aliphatic carbocycles. The Morgan fingerprint density at radius 3 is 2.33 bits per heavy atom. The van der Waals surface area contributed by atoms with E-state index in [-0.39, 0.29) is 10.2 Å². The molecule has 8 heteroatoms. The van der Waals surface area contributed by atoms with Gasteiger partial charge in [0.2, 0.25) is 5.91 Å². The smallest absolute Gasteiger partial charge is 0.417 e. The summed E-state index contributed by atoms with van der Waals surface area (Å²) in [5.41, 5.74) is -0.907. The minimum atomic E-state index is -4.54. The summed E-state index contributed by atoms with van der Waals surface area (Å²) in [4.78, 5) is 22.7. The predicted octanol–water partition coefficient (Wildman–Crippen LogP) is 3.52. The Morgan fingerprint density at radius 2 is 1.86 bits per heavy atom. The van der Waals surface area contributed by atoms with Crippen LogP contribution in [0.1, 0.15) is 18.4 Å². The number of carbonyl (C=O) groups is 2. The van der Waals surface area contributed by atoms with Crippen LogP contribution in [0.3, 0.4) is 0 Å². The second-order valence-corrected chi connectivity index (χ2v) is 5.66. The quantitative estimate of drug-likeness (QED) is 0.861. The second kappa shape index (κ2) is 5.67. The van der Waals surface area contributed by atoms with Gasteiger partial charge >= 0.3 is 12.1 Å². The summed E-state index contributed by atoms with van der Waals surface area (Å²) in [5.74, 6) is -3.08. The van der Waals surface area contributed by atoms with Crippen molar-refractivity contribution in [3.8, 4) is 0 Å². The van der Waals surface area contributed by atoms with E-state index >= 15 is 0 Å². The highest BCUT2D eigenvalue weighted by molar-refractivity contribution is 9.10. The van der Waals surface area contributed by atoms with Gasteiger partial charge in [-0.2, -0.15) is 13.2 Å². The summed E-state index contributed by atoms with van der Waals surface area (Å²) in [6.07, 6.45) is -3.72. The first-order valence-corrected chi connectivity index (χ1v) is 6.90. The Labute approximate surface area is 126 Å². The predicted molar refractivity (Wildman–Crippen MR) is 71.6 cm³/mol. The van der Waals surface area contributed by atoms with Crippen LogP contribution in [0.4, 0.5) is 18.9 Å². The highest BCUT2D eigenvalue weighted by atomic mass is 79.9. The van der Waals surface area contributed by atoms with Gasteiger partial charge in [0.15, 0.2) is 0 Å². The normalized spacial score (nSPS) is 21.5. The number of carbonyl (C=O) groups excluding carboxylic acids is 1. The summed E-state index contributed by atoms with van der Waals surface area (Å²) in [6, 6.07) is 3.33. The topological polar surface area (TPSA) is 66.4 Å². The van der Waals surface area contributed by atoms with Crippen LogP contribution >= 0.6 is 15.9 Å². The lowest BCUT2D eigenvalue weighted by molar-refractivity contribution is -0.151. The van der Waals surface area contributed by atoms with E-state index in [0.717, 1.165) is 6.07 Å². The van der Waals surface area contributed by atoms with Crippen molar-refractivity contribution in [2.45, 2.75) is 19.0 Å². The molecule has 2 N–H and O–H groups in total. The molecule has 1 aromatic carbocycles. The number of aliphatic carboxylic acids is 1. The van der Waals surface area contributed by atoms with Gasteiger partial charge in [0.05, 0.1) is 17.4 Å². The highest BCUT2D eigenvalue weighted by Gasteiger charge is 2.41. The van der Waals surface area contributed by atoms with Crippen LogP contribution in [0.2, 0.25) is 0 Å². The Kier molecular flexibility index (Phi) is 4.27. The molecular weight excluding hydrogens is 355 g/mol. The van der Waals surface area contributed by atoms with Crippen molar-refractivity contribution in [1.29, 1.82) is 0 Å². The van der Waals surface area contributed by atoms with Gasteiger partial charge in [0.25, 0.3) is 0 Å². The minimum absolute atomic E-state index is 0.00781. The van der Waals surface area contributed by atoms with E-state index in [2.05, 4.69) is 21.2 Å². The average Bonchev–Trinajstić information content (AvgIpc) is 2.27. The van der Waals surface area contributed by atoms with Crippen LogP contribution in [0.25, 0.3) is 0 Å². The Hall–Kier alpha value is -1.57. The van der Waals surface area contributed by atoms with Gasteiger partial charge in [0, 0.05) is 10.2 Å². The number of hydrogen-bond acceptors (Lipinski definition) is 2. The van der Waals surface area contributed by atoms with E-state index in [1.807, 2.05) is 0 Å². The van der Waals surface area contributed by atoms with Crippen LogP contribution < -0.4 is 5.32 Å². The maximum absolute atomic E-state index is 12.7. The second-order valence-electron chi connectivity index (χ2n) is 4.81. The zero-order valence-electron chi connectivity index (χ0n) is 10.6. The lowest BCUT2D eigenvalue weighted by Gasteiger charge is -2.31. The van der Waals surface area contributed by atoms with Crippen LogP contribution in [0.5, 0.6) is 0 Å². The van der Waals surface area contributed by atoms with Crippen molar-refractivity contribution in [3.05, 3.63) is 28.2 Å². The van der Waals surface area contributed by atoms with Gasteiger partial charge in [0.1, 0.15) is 0 Å². The van der Waals surface area contributed by atoms with Crippen molar-refractivity contribution < 1.29 is 27.9 Å². The standard InChI is InChI=1S/C13H11BrF3NO3/c14-10-4-1-6(5-9(10)13(15,16)17)18-11(19)7-2-3-8(7)12(20)21/h1,4-5,7-8H,2-3H2,(H,18,19)(H,20,21). The largest absolute Gasteiger partial charge is 0.481 e. The molecule has 1 fully saturated rings. The zero-order valence-corrected chi connectivity index (χ0v) is 12.2. The number of alkyl halides is 3. The minimum Gasteiger partial charge on any atom is -0.481 e. The first-order valence-electron chi connectivity index (χ1n) is 6.10. The van der Waals surface area contributed by atoms with E-state index in [4.69, 9.17) is 5.11 Å². The third-order valence-electron chi connectivity index (χ3n) is 3.47. The van der Waals surface area contributed by atoms with E-state index in [9.17, 15) is 22.8 Å². The Balaban J connectivity index is 2.14. The van der Waals surface area contributed by atoms with Gasteiger partial charge in [-0.1, -0.05) is 15.9 Å². The monoisotopic (exact) mass is 365 g/mol. The van der Waals surface area contributed by atoms with E-state index in [0.29, 0.717) is 12.8 Å². The summed E-state index contributed by atoms with van der Waals surface area (Å²) in [6.45, 7) is 0. The molecule has 1 aliphatic rings. The first-order chi connectivity index (χ1) is 9.70. The molecule has 0 radical (unpaired) electrons. The van der Waals surface area contributed by atoms with Crippen LogP contribution in [0, 0.1) is 11.8 Å². The number of hydrogen-bond donors (Lipinski definition) is 2. The van der Waals surface area contributed by atoms with E-state index in [1.165, 1.54) is 12.1 Å². The molecule has 0 bridgehead atoms. The SMILES string of the molecule is O=C(O)C1CCC1C(=O)Nc1ccc(Br)c(C(F)(F)F)c1. The Morgan fingerprint density at radius 1 is 1.24 bits per heavy atom. The number of rotatable bonds is 3. The molecule has 114 valence electrons. The van der Waals surface area contributed by atoms with Crippen molar-refractivity contribution in [1.82, 2.24) is 0 Å². The van der Waals surface area contributed by atoms with Gasteiger partial charge < -0.3 is 10.4 Å². The van der Waals surface area contributed by atoms with Crippen molar-refractivity contribution in [2.75, 3.05) is 5.32 Å². The number of nitrogens with one attached hydrogen (secondary N) is 1. The molecule has 0 aliphatic heterocycles.